The lowest BCUT2D eigenvalue weighted by Gasteiger charge is -2.24. The van der Waals surface area contributed by atoms with Gasteiger partial charge in [0.15, 0.2) is 0 Å². The Balaban J connectivity index is 2.27. The minimum absolute atomic E-state index is 0.353. The number of hydrogen-bond acceptors (Lipinski definition) is 4. The van der Waals surface area contributed by atoms with Gasteiger partial charge in [-0.05, 0) is 44.0 Å². The van der Waals surface area contributed by atoms with Crippen LogP contribution in [0.4, 0.5) is 0 Å². The second-order valence-corrected chi connectivity index (χ2v) is 7.44. The zero-order valence-electron chi connectivity index (χ0n) is 12.9. The minimum Gasteiger partial charge on any atom is -0.379 e. The lowest BCUT2D eigenvalue weighted by Crippen LogP contribution is -2.46. The van der Waals surface area contributed by atoms with Gasteiger partial charge in [0.1, 0.15) is 0 Å². The van der Waals surface area contributed by atoms with E-state index >= 15 is 0 Å². The van der Waals surface area contributed by atoms with Crippen LogP contribution in [-0.4, -0.2) is 33.7 Å². The number of hydrogen-bond donors (Lipinski definition) is 2. The lowest BCUT2D eigenvalue weighted by atomic mass is 10.0. The maximum atomic E-state index is 12.7. The molecule has 0 saturated carbocycles. The molecule has 1 aromatic rings. The van der Waals surface area contributed by atoms with Gasteiger partial charge < -0.3 is 10.1 Å². The summed E-state index contributed by atoms with van der Waals surface area (Å²) in [6.45, 7) is 8.31. The first kappa shape index (κ1) is 16.4. The van der Waals surface area contributed by atoms with Gasteiger partial charge in [0.25, 0.3) is 0 Å². The van der Waals surface area contributed by atoms with Gasteiger partial charge in [0.05, 0.1) is 17.0 Å². The van der Waals surface area contributed by atoms with Crippen molar-refractivity contribution >= 4 is 10.0 Å². The molecule has 0 aliphatic carbocycles. The Morgan fingerprint density at radius 3 is 2.76 bits per heavy atom. The highest BCUT2D eigenvalue weighted by Crippen LogP contribution is 2.24. The van der Waals surface area contributed by atoms with Gasteiger partial charge >= 0.3 is 0 Å². The van der Waals surface area contributed by atoms with Crippen LogP contribution in [0.3, 0.4) is 0 Å². The summed E-state index contributed by atoms with van der Waals surface area (Å²) in [6, 6.07) is 5.41. The molecule has 1 atom stereocenters. The van der Waals surface area contributed by atoms with Gasteiger partial charge in [-0.1, -0.05) is 19.1 Å². The maximum absolute atomic E-state index is 12.7. The van der Waals surface area contributed by atoms with Gasteiger partial charge in [-0.2, -0.15) is 0 Å². The zero-order chi connectivity index (χ0) is 15.5. The van der Waals surface area contributed by atoms with E-state index < -0.39 is 15.6 Å². The second-order valence-electron chi connectivity index (χ2n) is 5.79. The topological polar surface area (TPSA) is 67.4 Å². The van der Waals surface area contributed by atoms with Gasteiger partial charge in [0.2, 0.25) is 10.0 Å². The van der Waals surface area contributed by atoms with Crippen LogP contribution in [0.2, 0.25) is 0 Å². The number of ether oxygens (including phenoxy) is 1. The Bertz CT molecular complexity index is 593. The van der Waals surface area contributed by atoms with Crippen molar-refractivity contribution in [3.63, 3.8) is 0 Å². The summed E-state index contributed by atoms with van der Waals surface area (Å²) in [5, 5.41) is 3.23. The van der Waals surface area contributed by atoms with Crippen LogP contribution in [0.5, 0.6) is 0 Å². The number of benzene rings is 1. The summed E-state index contributed by atoms with van der Waals surface area (Å²) in [4.78, 5) is 0.353. The summed E-state index contributed by atoms with van der Waals surface area (Å²) < 4.78 is 33.4. The number of sulfonamides is 1. The molecule has 0 aromatic heterocycles. The monoisotopic (exact) mass is 312 g/mol. The van der Waals surface area contributed by atoms with Crippen molar-refractivity contribution in [3.05, 3.63) is 29.3 Å². The van der Waals surface area contributed by atoms with Crippen LogP contribution in [0.25, 0.3) is 0 Å². The fraction of sp³-hybridized carbons (Fsp3) is 0.600. The molecule has 1 aliphatic heterocycles. The average molecular weight is 312 g/mol. The van der Waals surface area contributed by atoms with E-state index in [0.29, 0.717) is 31.1 Å². The molecule has 5 nitrogen and oxygen atoms in total. The predicted octanol–water partition coefficient (Wildman–Crippen LogP) is 1.56. The molecule has 1 aromatic carbocycles. The van der Waals surface area contributed by atoms with Crippen molar-refractivity contribution < 1.29 is 13.2 Å². The molecule has 1 heterocycles. The Kier molecular flexibility index (Phi) is 5.03. The third-order valence-electron chi connectivity index (χ3n) is 3.85. The Labute approximate surface area is 127 Å². The molecule has 0 spiro atoms. The molecule has 0 bridgehead atoms. The summed E-state index contributed by atoms with van der Waals surface area (Å²) in [6.07, 6.45) is 0.697. The first-order chi connectivity index (χ1) is 9.88. The van der Waals surface area contributed by atoms with Crippen molar-refractivity contribution in [1.82, 2.24) is 10.0 Å². The molecule has 1 fully saturated rings. The molecule has 2 N–H and O–H groups in total. The minimum atomic E-state index is -3.54. The van der Waals surface area contributed by atoms with Gasteiger partial charge in [-0.3, -0.25) is 0 Å². The molecular weight excluding hydrogens is 288 g/mol. The molecule has 2 rings (SSSR count). The highest BCUT2D eigenvalue weighted by molar-refractivity contribution is 7.89. The van der Waals surface area contributed by atoms with E-state index in [1.165, 1.54) is 0 Å². The molecule has 0 amide bonds. The number of rotatable bonds is 6. The van der Waals surface area contributed by atoms with Gasteiger partial charge in [-0.15, -0.1) is 0 Å². The van der Waals surface area contributed by atoms with Crippen molar-refractivity contribution in [2.24, 2.45) is 0 Å². The van der Waals surface area contributed by atoms with Gasteiger partial charge in [0, 0.05) is 13.2 Å². The molecular formula is C15H24N2O3S. The summed E-state index contributed by atoms with van der Waals surface area (Å²) in [5.41, 5.74) is 1.30. The van der Waals surface area contributed by atoms with E-state index in [-0.39, 0.29) is 0 Å². The van der Waals surface area contributed by atoms with E-state index in [4.69, 9.17) is 4.74 Å². The SMILES string of the molecule is CCNCc1cccc(S(=O)(=O)NC2(C)CCOC2)c1C. The average Bonchev–Trinajstić information content (AvgIpc) is 2.82. The van der Waals surface area contributed by atoms with Crippen molar-refractivity contribution in [1.29, 1.82) is 0 Å². The molecule has 1 aliphatic rings. The fourth-order valence-electron chi connectivity index (χ4n) is 2.53. The van der Waals surface area contributed by atoms with Crippen LogP contribution < -0.4 is 10.0 Å². The standard InChI is InChI=1S/C15H24N2O3S/c1-4-16-10-13-6-5-7-14(12(13)2)21(18,19)17-15(3)8-9-20-11-15/h5-7,16-17H,4,8-11H2,1-3H3. The van der Waals surface area contributed by atoms with Crippen LogP contribution in [0.15, 0.2) is 23.1 Å². The smallest absolute Gasteiger partial charge is 0.241 e. The molecule has 6 heteroatoms. The molecule has 1 saturated heterocycles. The van der Waals surface area contributed by atoms with Crippen LogP contribution >= 0.6 is 0 Å². The Morgan fingerprint density at radius 1 is 1.38 bits per heavy atom. The third kappa shape index (κ3) is 3.83. The van der Waals surface area contributed by atoms with Crippen LogP contribution in [-0.2, 0) is 21.3 Å². The molecule has 0 radical (unpaired) electrons. The van der Waals surface area contributed by atoms with Crippen LogP contribution in [0, 0.1) is 6.92 Å². The second kappa shape index (κ2) is 6.44. The summed E-state index contributed by atoms with van der Waals surface area (Å²) in [5.74, 6) is 0. The number of nitrogens with one attached hydrogen (secondary N) is 2. The quantitative estimate of drug-likeness (QED) is 0.836. The molecule has 118 valence electrons. The maximum Gasteiger partial charge on any atom is 0.241 e. The Morgan fingerprint density at radius 2 is 2.14 bits per heavy atom. The van der Waals surface area contributed by atoms with E-state index in [1.54, 1.807) is 12.1 Å². The van der Waals surface area contributed by atoms with Gasteiger partial charge in [-0.25, -0.2) is 13.1 Å². The first-order valence-corrected chi connectivity index (χ1v) is 8.77. The molecule has 1 unspecified atom stereocenters. The third-order valence-corrected chi connectivity index (χ3v) is 5.63. The molecule has 21 heavy (non-hydrogen) atoms. The normalized spacial score (nSPS) is 22.6. The highest BCUT2D eigenvalue weighted by Gasteiger charge is 2.35. The van der Waals surface area contributed by atoms with Crippen molar-refractivity contribution in [3.8, 4) is 0 Å². The van der Waals surface area contributed by atoms with E-state index in [2.05, 4.69) is 10.0 Å². The largest absolute Gasteiger partial charge is 0.379 e. The fourth-order valence-corrected chi connectivity index (χ4v) is 4.24. The predicted molar refractivity (Wildman–Crippen MR) is 82.7 cm³/mol. The lowest BCUT2D eigenvalue weighted by molar-refractivity contribution is 0.178. The summed E-state index contributed by atoms with van der Waals surface area (Å²) >= 11 is 0. The van der Waals surface area contributed by atoms with E-state index in [0.717, 1.165) is 17.7 Å². The Hall–Kier alpha value is -0.950. The van der Waals surface area contributed by atoms with Crippen LogP contribution in [0.1, 0.15) is 31.4 Å². The first-order valence-electron chi connectivity index (χ1n) is 7.29. The van der Waals surface area contributed by atoms with Crippen molar-refractivity contribution in [2.45, 2.75) is 44.2 Å². The summed E-state index contributed by atoms with van der Waals surface area (Å²) in [7, 11) is -3.54. The highest BCUT2D eigenvalue weighted by atomic mass is 32.2. The zero-order valence-corrected chi connectivity index (χ0v) is 13.7. The van der Waals surface area contributed by atoms with Crippen molar-refractivity contribution in [2.75, 3.05) is 19.8 Å². The van der Waals surface area contributed by atoms with E-state index in [9.17, 15) is 8.42 Å². The van der Waals surface area contributed by atoms with E-state index in [1.807, 2.05) is 26.8 Å².